The minimum Gasteiger partial charge on any atom is -0.353 e. The lowest BCUT2D eigenvalue weighted by molar-refractivity contribution is 0.614. The average Bonchev–Trinajstić information content (AvgIpc) is 2.19. The molecule has 1 unspecified atom stereocenters. The van der Waals surface area contributed by atoms with Crippen LogP contribution in [0.1, 0.15) is 25.1 Å². The first-order valence-corrected chi connectivity index (χ1v) is 5.62. The molecule has 1 aromatic heterocycles. The highest BCUT2D eigenvalue weighted by Crippen LogP contribution is 2.10. The molecule has 0 aliphatic heterocycles. The molecule has 1 atom stereocenters. The van der Waals surface area contributed by atoms with E-state index in [1.54, 1.807) is 0 Å². The SMILES string of the molecule is Cc1cnc(NCC(Cl)C(C)C)nc1C. The third kappa shape index (κ3) is 3.67. The molecule has 0 saturated carbocycles. The molecule has 0 aromatic carbocycles. The number of aromatic nitrogens is 2. The van der Waals surface area contributed by atoms with E-state index < -0.39 is 0 Å². The second kappa shape index (κ2) is 5.31. The van der Waals surface area contributed by atoms with Gasteiger partial charge in [-0.15, -0.1) is 11.6 Å². The van der Waals surface area contributed by atoms with Crippen LogP contribution >= 0.6 is 11.6 Å². The van der Waals surface area contributed by atoms with E-state index in [9.17, 15) is 0 Å². The summed E-state index contributed by atoms with van der Waals surface area (Å²) in [5.74, 6) is 1.11. The molecule has 4 heteroatoms. The van der Waals surface area contributed by atoms with Gasteiger partial charge in [0, 0.05) is 18.4 Å². The molecule has 0 spiro atoms. The minimum absolute atomic E-state index is 0.107. The maximum atomic E-state index is 6.12. The number of hydrogen-bond donors (Lipinski definition) is 1. The molecule has 0 aliphatic rings. The number of anilines is 1. The second-order valence-electron chi connectivity index (χ2n) is 4.10. The summed E-state index contributed by atoms with van der Waals surface area (Å²) >= 11 is 6.12. The first kappa shape index (κ1) is 12.2. The monoisotopic (exact) mass is 227 g/mol. The Balaban J connectivity index is 2.55. The topological polar surface area (TPSA) is 37.8 Å². The molecule has 0 radical (unpaired) electrons. The molecule has 1 N–H and O–H groups in total. The zero-order valence-corrected chi connectivity index (χ0v) is 10.5. The third-order valence-electron chi connectivity index (χ3n) is 2.40. The van der Waals surface area contributed by atoms with E-state index in [0.29, 0.717) is 18.4 Å². The number of nitrogens with one attached hydrogen (secondary N) is 1. The molecule has 1 rings (SSSR count). The van der Waals surface area contributed by atoms with Crippen molar-refractivity contribution in [2.75, 3.05) is 11.9 Å². The van der Waals surface area contributed by atoms with Gasteiger partial charge in [-0.05, 0) is 25.3 Å². The second-order valence-corrected chi connectivity index (χ2v) is 4.66. The molecule has 0 bridgehead atoms. The maximum Gasteiger partial charge on any atom is 0.222 e. The van der Waals surface area contributed by atoms with Crippen molar-refractivity contribution in [3.63, 3.8) is 0 Å². The van der Waals surface area contributed by atoms with Crippen molar-refractivity contribution in [1.29, 1.82) is 0 Å². The van der Waals surface area contributed by atoms with Gasteiger partial charge in [-0.1, -0.05) is 13.8 Å². The van der Waals surface area contributed by atoms with Gasteiger partial charge in [0.1, 0.15) is 0 Å². The van der Waals surface area contributed by atoms with Crippen molar-refractivity contribution in [3.8, 4) is 0 Å². The van der Waals surface area contributed by atoms with E-state index in [1.165, 1.54) is 0 Å². The normalized spacial score (nSPS) is 12.9. The fourth-order valence-electron chi connectivity index (χ4n) is 1.04. The van der Waals surface area contributed by atoms with E-state index in [4.69, 9.17) is 11.6 Å². The van der Waals surface area contributed by atoms with Crippen LogP contribution in [0, 0.1) is 19.8 Å². The quantitative estimate of drug-likeness (QED) is 0.804. The fraction of sp³-hybridized carbons (Fsp3) is 0.636. The van der Waals surface area contributed by atoms with Gasteiger partial charge in [0.25, 0.3) is 0 Å². The number of nitrogens with zero attached hydrogens (tertiary/aromatic N) is 2. The predicted octanol–water partition coefficient (Wildman–Crippen LogP) is 2.77. The number of halogens is 1. The summed E-state index contributed by atoms with van der Waals surface area (Å²) in [4.78, 5) is 8.51. The predicted molar refractivity (Wildman–Crippen MR) is 64.5 cm³/mol. The largest absolute Gasteiger partial charge is 0.353 e. The summed E-state index contributed by atoms with van der Waals surface area (Å²) in [5.41, 5.74) is 2.11. The lowest BCUT2D eigenvalue weighted by Crippen LogP contribution is -2.20. The number of alkyl halides is 1. The fourth-order valence-corrected chi connectivity index (χ4v) is 1.11. The van der Waals surface area contributed by atoms with Gasteiger partial charge in [-0.2, -0.15) is 0 Å². The Labute approximate surface area is 96.3 Å². The third-order valence-corrected chi connectivity index (χ3v) is 3.06. The molecule has 15 heavy (non-hydrogen) atoms. The highest BCUT2D eigenvalue weighted by atomic mass is 35.5. The van der Waals surface area contributed by atoms with Crippen LogP contribution in [0.15, 0.2) is 6.20 Å². The molecule has 1 aromatic rings. The number of hydrogen-bond acceptors (Lipinski definition) is 3. The lowest BCUT2D eigenvalue weighted by Gasteiger charge is -2.14. The van der Waals surface area contributed by atoms with Crippen molar-refractivity contribution >= 4 is 17.5 Å². The van der Waals surface area contributed by atoms with Crippen LogP contribution in [-0.4, -0.2) is 21.9 Å². The van der Waals surface area contributed by atoms with Crippen LogP contribution in [0.4, 0.5) is 5.95 Å². The molecule has 0 amide bonds. The molecule has 0 saturated heterocycles. The Morgan fingerprint density at radius 2 is 2.07 bits per heavy atom. The van der Waals surface area contributed by atoms with Crippen LogP contribution in [0.2, 0.25) is 0 Å². The molecule has 3 nitrogen and oxygen atoms in total. The Bertz CT molecular complexity index is 326. The summed E-state index contributed by atoms with van der Waals surface area (Å²) in [5, 5.41) is 3.25. The maximum absolute atomic E-state index is 6.12. The van der Waals surface area contributed by atoms with Gasteiger partial charge in [0.2, 0.25) is 5.95 Å². The van der Waals surface area contributed by atoms with Gasteiger partial charge < -0.3 is 5.32 Å². The first-order chi connectivity index (χ1) is 7.00. The number of rotatable bonds is 4. The summed E-state index contributed by atoms with van der Waals surface area (Å²) in [6, 6.07) is 0. The lowest BCUT2D eigenvalue weighted by atomic mass is 10.1. The zero-order chi connectivity index (χ0) is 11.4. The van der Waals surface area contributed by atoms with E-state index in [-0.39, 0.29) is 5.38 Å². The van der Waals surface area contributed by atoms with E-state index in [2.05, 4.69) is 29.1 Å². The smallest absolute Gasteiger partial charge is 0.222 e. The molecule has 0 aliphatic carbocycles. The Morgan fingerprint density at radius 1 is 1.40 bits per heavy atom. The van der Waals surface area contributed by atoms with E-state index in [0.717, 1.165) is 11.3 Å². The van der Waals surface area contributed by atoms with E-state index >= 15 is 0 Å². The van der Waals surface area contributed by atoms with Crippen molar-refractivity contribution in [2.45, 2.75) is 33.1 Å². The standard InChI is InChI=1S/C11H18ClN3/c1-7(2)10(12)6-14-11-13-5-8(3)9(4)15-11/h5,7,10H,6H2,1-4H3,(H,13,14,15). The van der Waals surface area contributed by atoms with Crippen molar-refractivity contribution in [3.05, 3.63) is 17.5 Å². The minimum atomic E-state index is 0.107. The molecule has 0 fully saturated rings. The van der Waals surface area contributed by atoms with Crippen LogP contribution in [0.5, 0.6) is 0 Å². The van der Waals surface area contributed by atoms with Gasteiger partial charge in [-0.3, -0.25) is 0 Å². The van der Waals surface area contributed by atoms with Crippen LogP contribution < -0.4 is 5.32 Å². The zero-order valence-electron chi connectivity index (χ0n) is 9.71. The summed E-state index contributed by atoms with van der Waals surface area (Å²) in [7, 11) is 0. The molecule has 84 valence electrons. The highest BCUT2D eigenvalue weighted by Gasteiger charge is 2.09. The van der Waals surface area contributed by atoms with Crippen molar-refractivity contribution in [1.82, 2.24) is 9.97 Å². The van der Waals surface area contributed by atoms with Gasteiger partial charge in [-0.25, -0.2) is 9.97 Å². The van der Waals surface area contributed by atoms with Gasteiger partial charge >= 0.3 is 0 Å². The van der Waals surface area contributed by atoms with Crippen LogP contribution in [0.25, 0.3) is 0 Å². The van der Waals surface area contributed by atoms with Crippen molar-refractivity contribution in [2.24, 2.45) is 5.92 Å². The number of aryl methyl sites for hydroxylation is 2. The van der Waals surface area contributed by atoms with E-state index in [1.807, 2.05) is 20.0 Å². The highest BCUT2D eigenvalue weighted by molar-refractivity contribution is 6.21. The average molecular weight is 228 g/mol. The van der Waals surface area contributed by atoms with Gasteiger partial charge in [0.15, 0.2) is 0 Å². The molecule has 1 heterocycles. The van der Waals surface area contributed by atoms with Crippen molar-refractivity contribution < 1.29 is 0 Å². The van der Waals surface area contributed by atoms with Gasteiger partial charge in [0.05, 0.1) is 5.38 Å². The summed E-state index contributed by atoms with van der Waals surface area (Å²) in [6.45, 7) is 8.86. The summed E-state index contributed by atoms with van der Waals surface area (Å²) in [6.07, 6.45) is 1.82. The Morgan fingerprint density at radius 3 is 2.60 bits per heavy atom. The Kier molecular flexibility index (Phi) is 4.33. The first-order valence-electron chi connectivity index (χ1n) is 5.19. The summed E-state index contributed by atoms with van der Waals surface area (Å²) < 4.78 is 0. The Hall–Kier alpha value is -0.830. The molecular formula is C11H18ClN3. The van der Waals surface area contributed by atoms with Crippen LogP contribution in [0.3, 0.4) is 0 Å². The molecular weight excluding hydrogens is 210 g/mol. The van der Waals surface area contributed by atoms with Crippen LogP contribution in [-0.2, 0) is 0 Å².